The molecule has 0 aromatic heterocycles. The predicted octanol–water partition coefficient (Wildman–Crippen LogP) is 2.84. The molecule has 4 amide bonds. The van der Waals surface area contributed by atoms with E-state index in [4.69, 9.17) is 4.74 Å². The van der Waals surface area contributed by atoms with Gasteiger partial charge in [0.05, 0.1) is 4.75 Å². The molecule has 3 aliphatic rings. The molecule has 2 aliphatic heterocycles. The van der Waals surface area contributed by atoms with E-state index < -0.39 is 56.9 Å². The van der Waals surface area contributed by atoms with Crippen molar-refractivity contribution in [3.63, 3.8) is 0 Å². The van der Waals surface area contributed by atoms with Gasteiger partial charge >= 0.3 is 6.09 Å². The highest BCUT2D eigenvalue weighted by Gasteiger charge is 2.61. The van der Waals surface area contributed by atoms with Crippen LogP contribution in [0.3, 0.4) is 0 Å². The second kappa shape index (κ2) is 11.8. The topological polar surface area (TPSA) is 134 Å². The summed E-state index contributed by atoms with van der Waals surface area (Å²) in [6.07, 6.45) is 8.56. The third-order valence-electron chi connectivity index (χ3n) is 7.07. The number of hydrogen-bond acceptors (Lipinski definition) is 6. The van der Waals surface area contributed by atoms with Crippen molar-refractivity contribution in [1.82, 2.24) is 20.3 Å². The zero-order chi connectivity index (χ0) is 28.3. The lowest BCUT2D eigenvalue weighted by Gasteiger charge is -2.30. The molecule has 0 radical (unpaired) electrons. The van der Waals surface area contributed by atoms with E-state index in [0.29, 0.717) is 32.2 Å². The van der Waals surface area contributed by atoms with Gasteiger partial charge in [-0.05, 0) is 80.1 Å². The Morgan fingerprint density at radius 2 is 1.79 bits per heavy atom. The van der Waals surface area contributed by atoms with Gasteiger partial charge in [0.15, 0.2) is 0 Å². The van der Waals surface area contributed by atoms with Gasteiger partial charge in [0.25, 0.3) is 5.91 Å². The Hall–Kier alpha value is -2.43. The van der Waals surface area contributed by atoms with Crippen molar-refractivity contribution in [2.75, 3.05) is 6.54 Å². The first-order chi connectivity index (χ1) is 17.6. The summed E-state index contributed by atoms with van der Waals surface area (Å²) in [4.78, 5) is 54.5. The standard InChI is InChI=1S/C27H44N4O6S/c1-25(2,3)37-24(35)28-19-14-11-9-7-8-10-13-18-17-27(18,23(34)30-38(36)26(4,5)6)29-21(32)20-15-12-16-31(20)22(19)33/h10,13,18-20H,7-9,11-12,14-17H2,1-6H3,(H,28,35)(H,29,32)(H,30,34)/t18-,19+,20+,27-,38+/m1/s1. The van der Waals surface area contributed by atoms with Gasteiger partial charge in [0.2, 0.25) is 11.8 Å². The maximum atomic E-state index is 13.6. The molecule has 2 fully saturated rings. The highest BCUT2D eigenvalue weighted by atomic mass is 32.2. The highest BCUT2D eigenvalue weighted by molar-refractivity contribution is 7.85. The molecule has 5 atom stereocenters. The fourth-order valence-corrected chi connectivity index (χ4v) is 5.53. The molecule has 0 unspecified atom stereocenters. The number of amides is 4. The van der Waals surface area contributed by atoms with Crippen LogP contribution in [0.15, 0.2) is 12.2 Å². The summed E-state index contributed by atoms with van der Waals surface area (Å²) in [5.74, 6) is -1.41. The molecule has 0 aromatic rings. The summed E-state index contributed by atoms with van der Waals surface area (Å²) >= 11 is 0. The van der Waals surface area contributed by atoms with Crippen molar-refractivity contribution in [3.8, 4) is 0 Å². The lowest BCUT2D eigenvalue weighted by atomic mass is 10.0. The van der Waals surface area contributed by atoms with E-state index in [2.05, 4.69) is 15.4 Å². The zero-order valence-electron chi connectivity index (χ0n) is 23.6. The minimum atomic E-state index is -1.63. The monoisotopic (exact) mass is 552 g/mol. The number of allylic oxidation sites excluding steroid dienone is 1. The summed E-state index contributed by atoms with van der Waals surface area (Å²) in [6.45, 7) is 11.0. The van der Waals surface area contributed by atoms with Crippen LogP contribution in [0.2, 0.25) is 0 Å². The number of carbonyl (C=O) groups excluding carboxylic acids is 4. The minimum absolute atomic E-state index is 0.208. The quantitative estimate of drug-likeness (QED) is 0.461. The molecule has 1 saturated carbocycles. The molecule has 0 bridgehead atoms. The van der Waals surface area contributed by atoms with Crippen LogP contribution in [0.5, 0.6) is 0 Å². The Labute approximate surface area is 228 Å². The van der Waals surface area contributed by atoms with Gasteiger partial charge in [0.1, 0.15) is 34.2 Å². The Balaban J connectivity index is 1.83. The fraction of sp³-hybridized carbons (Fsp3) is 0.778. The number of nitrogens with zero attached hydrogens (tertiary/aromatic N) is 1. The minimum Gasteiger partial charge on any atom is -0.444 e. The van der Waals surface area contributed by atoms with Crippen LogP contribution in [-0.4, -0.2) is 67.4 Å². The van der Waals surface area contributed by atoms with Crippen LogP contribution in [0, 0.1) is 5.92 Å². The van der Waals surface area contributed by atoms with Gasteiger partial charge in [-0.25, -0.2) is 9.00 Å². The number of ether oxygens (including phenoxy) is 1. The van der Waals surface area contributed by atoms with Crippen molar-refractivity contribution in [2.45, 2.75) is 121 Å². The number of carbonyl (C=O) groups is 4. The van der Waals surface area contributed by atoms with E-state index in [1.165, 1.54) is 4.90 Å². The van der Waals surface area contributed by atoms with Gasteiger partial charge in [-0.2, -0.15) is 0 Å². The molecule has 10 nitrogen and oxygen atoms in total. The van der Waals surface area contributed by atoms with E-state index in [-0.39, 0.29) is 11.8 Å². The van der Waals surface area contributed by atoms with Crippen LogP contribution in [0.4, 0.5) is 4.79 Å². The summed E-state index contributed by atoms with van der Waals surface area (Å²) < 4.78 is 20.0. The summed E-state index contributed by atoms with van der Waals surface area (Å²) in [5, 5.41) is 5.66. The van der Waals surface area contributed by atoms with Crippen molar-refractivity contribution >= 4 is 34.8 Å². The third kappa shape index (κ3) is 7.57. The van der Waals surface area contributed by atoms with Crippen LogP contribution < -0.4 is 15.4 Å². The molecule has 0 aromatic carbocycles. The normalized spacial score (nSPS) is 29.6. The van der Waals surface area contributed by atoms with Gasteiger partial charge in [0, 0.05) is 12.5 Å². The smallest absolute Gasteiger partial charge is 0.408 e. The molecular weight excluding hydrogens is 508 g/mol. The average Bonchev–Trinajstić information content (AvgIpc) is 3.25. The highest BCUT2D eigenvalue weighted by Crippen LogP contribution is 2.45. The maximum Gasteiger partial charge on any atom is 0.408 e. The Morgan fingerprint density at radius 3 is 2.45 bits per heavy atom. The number of alkyl carbamates (subject to hydrolysis) is 1. The zero-order valence-corrected chi connectivity index (χ0v) is 24.4. The first kappa shape index (κ1) is 30.1. The van der Waals surface area contributed by atoms with Gasteiger partial charge in [-0.15, -0.1) is 0 Å². The largest absolute Gasteiger partial charge is 0.444 e. The van der Waals surface area contributed by atoms with Gasteiger partial charge in [-0.3, -0.25) is 19.1 Å². The summed E-state index contributed by atoms with van der Waals surface area (Å²) in [7, 11) is -1.63. The number of fused-ring (bicyclic) bond motifs is 2. The van der Waals surface area contributed by atoms with Crippen LogP contribution in [0.1, 0.15) is 92.9 Å². The van der Waals surface area contributed by atoms with Crippen molar-refractivity contribution in [1.29, 1.82) is 0 Å². The second-order valence-electron chi connectivity index (χ2n) is 12.5. The van der Waals surface area contributed by atoms with Gasteiger partial charge < -0.3 is 20.3 Å². The van der Waals surface area contributed by atoms with E-state index in [0.717, 1.165) is 25.7 Å². The molecular formula is C27H44N4O6S. The van der Waals surface area contributed by atoms with Gasteiger partial charge in [-0.1, -0.05) is 25.0 Å². The first-order valence-electron chi connectivity index (χ1n) is 13.7. The summed E-state index contributed by atoms with van der Waals surface area (Å²) in [6, 6.07) is -1.56. The molecule has 2 heterocycles. The first-order valence-corrected chi connectivity index (χ1v) is 14.8. The Kier molecular flexibility index (Phi) is 9.32. The molecule has 3 rings (SSSR count). The molecule has 11 heteroatoms. The molecule has 3 N–H and O–H groups in total. The third-order valence-corrected chi connectivity index (χ3v) is 8.55. The van der Waals surface area contributed by atoms with E-state index in [9.17, 15) is 23.4 Å². The average molecular weight is 553 g/mol. The molecule has 214 valence electrons. The Bertz CT molecular complexity index is 985. The SMILES string of the molecule is CC(C)(C)OC(=O)N[C@H]1CCCCCC=C[C@@H]2C[C@@]2(C(=O)N[S@@](=O)C(C)(C)C)NC(=O)[C@@H]2CCCN2C1=O. The van der Waals surface area contributed by atoms with Crippen molar-refractivity contribution in [3.05, 3.63) is 12.2 Å². The van der Waals surface area contributed by atoms with Crippen LogP contribution in [0.25, 0.3) is 0 Å². The number of rotatable bonds is 3. The van der Waals surface area contributed by atoms with Crippen molar-refractivity contribution < 1.29 is 28.1 Å². The summed E-state index contributed by atoms with van der Waals surface area (Å²) in [5.41, 5.74) is -1.90. The number of nitrogens with one attached hydrogen (secondary N) is 3. The second-order valence-corrected chi connectivity index (χ2v) is 14.5. The lowest BCUT2D eigenvalue weighted by Crippen LogP contribution is -2.58. The molecule has 0 spiro atoms. The molecule has 38 heavy (non-hydrogen) atoms. The van der Waals surface area contributed by atoms with Crippen LogP contribution >= 0.6 is 0 Å². The Morgan fingerprint density at radius 1 is 1.08 bits per heavy atom. The predicted molar refractivity (Wildman–Crippen MR) is 145 cm³/mol. The lowest BCUT2D eigenvalue weighted by molar-refractivity contribution is -0.141. The molecule has 1 saturated heterocycles. The van der Waals surface area contributed by atoms with Crippen molar-refractivity contribution in [2.24, 2.45) is 5.92 Å². The van der Waals surface area contributed by atoms with E-state index in [1.54, 1.807) is 41.5 Å². The van der Waals surface area contributed by atoms with Crippen LogP contribution in [-0.2, 0) is 30.1 Å². The van der Waals surface area contributed by atoms with E-state index in [1.807, 2.05) is 12.2 Å². The fourth-order valence-electron chi connectivity index (χ4n) is 4.87. The van der Waals surface area contributed by atoms with E-state index >= 15 is 0 Å². The maximum absolute atomic E-state index is 13.6. The number of hydrogen-bond donors (Lipinski definition) is 3. The molecule has 1 aliphatic carbocycles.